The van der Waals surface area contributed by atoms with Gasteiger partial charge in [0.1, 0.15) is 23.3 Å². The molecule has 0 bridgehead atoms. The first-order chi connectivity index (χ1) is 25.2. The van der Waals surface area contributed by atoms with Gasteiger partial charge in [0.2, 0.25) is 15.9 Å². The number of sulfonamides is 1. The molecule has 0 aromatic heterocycles. The van der Waals surface area contributed by atoms with E-state index in [1.165, 1.54) is 59.9 Å². The normalized spacial score (nSPS) is 20.1. The Morgan fingerprint density at radius 2 is 1.47 bits per heavy atom. The monoisotopic (exact) mass is 754 g/mol. The summed E-state index contributed by atoms with van der Waals surface area (Å²) in [5.74, 6) is -2.33. The number of hydrogen-bond acceptors (Lipinski definition) is 7. The van der Waals surface area contributed by atoms with Gasteiger partial charge in [-0.1, -0.05) is 48.9 Å². The number of nitrogens with zero attached hydrogens (tertiary/aromatic N) is 2. The molecule has 0 spiro atoms. The molecule has 1 saturated carbocycles. The van der Waals surface area contributed by atoms with Crippen LogP contribution >= 0.6 is 0 Å². The highest BCUT2D eigenvalue weighted by atomic mass is 32.2. The zero-order valence-electron chi connectivity index (χ0n) is 30.5. The molecule has 2 N–H and O–H groups in total. The van der Waals surface area contributed by atoms with E-state index in [2.05, 4.69) is 10.6 Å². The minimum absolute atomic E-state index is 0.0361. The third kappa shape index (κ3) is 10.1. The molecule has 3 aromatic carbocycles. The summed E-state index contributed by atoms with van der Waals surface area (Å²) < 4.78 is 67.7. The van der Waals surface area contributed by atoms with Crippen LogP contribution in [0.3, 0.4) is 0 Å². The molecule has 286 valence electrons. The van der Waals surface area contributed by atoms with Gasteiger partial charge in [0.05, 0.1) is 12.0 Å². The number of methoxy groups -OCH3 is 1. The van der Waals surface area contributed by atoms with Gasteiger partial charge in [0.25, 0.3) is 0 Å². The van der Waals surface area contributed by atoms with Crippen LogP contribution in [0.5, 0.6) is 0 Å². The molecule has 2 aliphatic rings. The Hall–Kier alpha value is -4.56. The predicted octanol–water partition coefficient (Wildman–Crippen LogP) is 6.20. The molecule has 0 radical (unpaired) electrons. The zero-order valence-corrected chi connectivity index (χ0v) is 31.3. The summed E-state index contributed by atoms with van der Waals surface area (Å²) in [5, 5.41) is 5.79. The van der Waals surface area contributed by atoms with Crippen molar-refractivity contribution in [2.75, 3.05) is 26.7 Å². The van der Waals surface area contributed by atoms with E-state index in [-0.39, 0.29) is 36.5 Å². The van der Waals surface area contributed by atoms with Gasteiger partial charge < -0.3 is 25.0 Å². The van der Waals surface area contributed by atoms with E-state index in [1.54, 1.807) is 56.0 Å². The molecule has 5 rings (SSSR count). The van der Waals surface area contributed by atoms with E-state index in [9.17, 15) is 31.6 Å². The standard InChI is InChI=1S/C39H48F2N4O7S/c1-39(2,3)52-38(48)44-23-24-45(53(49,50)32-10-6-5-7-11-32)31(25-44)22-17-26-9-8-12-33(26)42-36(46)35(43-37(47)51-4)34(27-13-18-29(40)19-14-27)28-15-20-30(41)21-16-28/h5-7,10-11,13-16,18-21,26,31,33-35H,8-9,12,17,22-25H2,1-4H3,(H,42,46)(H,43,47)/t26-,31?,33+,35?/m1/s1. The second-order valence-electron chi connectivity index (χ2n) is 14.6. The van der Waals surface area contributed by atoms with Crippen LogP contribution in [0.1, 0.15) is 69.9 Å². The van der Waals surface area contributed by atoms with Crippen molar-refractivity contribution in [1.82, 2.24) is 19.8 Å². The quantitative estimate of drug-likeness (QED) is 0.238. The zero-order chi connectivity index (χ0) is 38.3. The van der Waals surface area contributed by atoms with E-state index in [0.717, 1.165) is 12.8 Å². The fraction of sp³-hybridized carbons (Fsp3) is 0.462. The third-order valence-corrected chi connectivity index (χ3v) is 11.8. The Kier molecular flexibility index (Phi) is 12.8. The average Bonchev–Trinajstić information content (AvgIpc) is 3.57. The van der Waals surface area contributed by atoms with Gasteiger partial charge in [-0.15, -0.1) is 0 Å². The van der Waals surface area contributed by atoms with Crippen molar-refractivity contribution in [3.63, 3.8) is 0 Å². The molecular weight excluding hydrogens is 707 g/mol. The van der Waals surface area contributed by atoms with Crippen LogP contribution in [0, 0.1) is 17.6 Å². The number of amides is 3. The maximum Gasteiger partial charge on any atom is 0.410 e. The number of hydrogen-bond donors (Lipinski definition) is 2. The number of nitrogens with one attached hydrogen (secondary N) is 2. The molecule has 1 aliphatic heterocycles. The van der Waals surface area contributed by atoms with Crippen molar-refractivity contribution in [2.45, 2.75) is 87.4 Å². The Balaban J connectivity index is 1.37. The van der Waals surface area contributed by atoms with Gasteiger partial charge in [0, 0.05) is 37.6 Å². The van der Waals surface area contributed by atoms with E-state index < -0.39 is 63.4 Å². The summed E-state index contributed by atoms with van der Waals surface area (Å²) in [4.78, 5) is 41.7. The van der Waals surface area contributed by atoms with Crippen LogP contribution in [-0.4, -0.2) is 86.2 Å². The minimum atomic E-state index is -3.88. The number of piperazine rings is 1. The second kappa shape index (κ2) is 17.1. The van der Waals surface area contributed by atoms with E-state index in [0.29, 0.717) is 30.4 Å². The van der Waals surface area contributed by atoms with E-state index >= 15 is 0 Å². The number of ether oxygens (including phenoxy) is 2. The number of carbonyl (C=O) groups excluding carboxylic acids is 3. The molecule has 1 saturated heterocycles. The highest BCUT2D eigenvalue weighted by Gasteiger charge is 2.41. The lowest BCUT2D eigenvalue weighted by molar-refractivity contribution is -0.124. The minimum Gasteiger partial charge on any atom is -0.453 e. The van der Waals surface area contributed by atoms with Gasteiger partial charge >= 0.3 is 12.2 Å². The molecule has 3 amide bonds. The lowest BCUT2D eigenvalue weighted by Gasteiger charge is -2.41. The topological polar surface area (TPSA) is 134 Å². The first-order valence-corrected chi connectivity index (χ1v) is 19.3. The molecule has 11 nitrogen and oxygen atoms in total. The summed E-state index contributed by atoms with van der Waals surface area (Å²) >= 11 is 0. The lowest BCUT2D eigenvalue weighted by atomic mass is 9.84. The summed E-state index contributed by atoms with van der Waals surface area (Å²) in [6, 6.07) is 17.2. The first kappa shape index (κ1) is 39.6. The molecule has 1 aliphatic carbocycles. The number of alkyl carbamates (subject to hydrolysis) is 1. The fourth-order valence-electron chi connectivity index (χ4n) is 7.27. The van der Waals surface area contributed by atoms with Crippen LogP contribution in [0.25, 0.3) is 0 Å². The van der Waals surface area contributed by atoms with Crippen LogP contribution < -0.4 is 10.6 Å². The first-order valence-electron chi connectivity index (χ1n) is 17.9. The van der Waals surface area contributed by atoms with Gasteiger partial charge in [-0.05, 0) is 99.9 Å². The van der Waals surface area contributed by atoms with Crippen molar-refractivity contribution in [1.29, 1.82) is 0 Å². The molecule has 1 heterocycles. The van der Waals surface area contributed by atoms with Crippen molar-refractivity contribution in [2.24, 2.45) is 5.92 Å². The van der Waals surface area contributed by atoms with Crippen molar-refractivity contribution >= 4 is 28.1 Å². The lowest BCUT2D eigenvalue weighted by Crippen LogP contribution is -2.57. The summed E-state index contributed by atoms with van der Waals surface area (Å²) in [6.07, 6.45) is 1.84. The maximum absolute atomic E-state index is 14.2. The Bertz CT molecular complexity index is 1780. The van der Waals surface area contributed by atoms with Gasteiger partial charge in [0.15, 0.2) is 0 Å². The molecule has 2 unspecified atom stereocenters. The Labute approximate surface area is 310 Å². The predicted molar refractivity (Wildman–Crippen MR) is 194 cm³/mol. The van der Waals surface area contributed by atoms with E-state index in [1.807, 2.05) is 0 Å². The highest BCUT2D eigenvalue weighted by molar-refractivity contribution is 7.89. The van der Waals surface area contributed by atoms with Crippen LogP contribution in [0.4, 0.5) is 18.4 Å². The second-order valence-corrected chi connectivity index (χ2v) is 16.5. The third-order valence-electron chi connectivity index (χ3n) is 9.82. The average molecular weight is 755 g/mol. The number of benzene rings is 3. The number of halogens is 2. The Morgan fingerprint density at radius 3 is 2.04 bits per heavy atom. The molecule has 2 fully saturated rings. The fourth-order valence-corrected chi connectivity index (χ4v) is 8.92. The van der Waals surface area contributed by atoms with Crippen LogP contribution in [-0.2, 0) is 24.3 Å². The summed E-state index contributed by atoms with van der Waals surface area (Å²) in [7, 11) is -2.70. The summed E-state index contributed by atoms with van der Waals surface area (Å²) in [6.45, 7) is 5.75. The Morgan fingerprint density at radius 1 is 0.868 bits per heavy atom. The van der Waals surface area contributed by atoms with Crippen molar-refractivity contribution in [3.8, 4) is 0 Å². The molecule has 4 atom stereocenters. The summed E-state index contributed by atoms with van der Waals surface area (Å²) in [5.41, 5.74) is 0.315. The SMILES string of the molecule is COC(=O)NC(C(=O)N[C@H]1CCC[C@@H]1CCC1CN(C(=O)OC(C)(C)C)CCN1S(=O)(=O)c1ccccc1)C(c1ccc(F)cc1)c1ccc(F)cc1. The van der Waals surface area contributed by atoms with Crippen molar-refractivity contribution < 1.29 is 41.1 Å². The molecule has 14 heteroatoms. The largest absolute Gasteiger partial charge is 0.453 e. The maximum atomic E-state index is 14.2. The molecule has 3 aromatic rings. The van der Waals surface area contributed by atoms with Gasteiger partial charge in [-0.2, -0.15) is 4.31 Å². The number of rotatable bonds is 11. The van der Waals surface area contributed by atoms with Gasteiger partial charge in [-0.3, -0.25) is 4.79 Å². The molecule has 53 heavy (non-hydrogen) atoms. The van der Waals surface area contributed by atoms with Crippen LogP contribution in [0.2, 0.25) is 0 Å². The number of carbonyl (C=O) groups is 3. The van der Waals surface area contributed by atoms with Crippen molar-refractivity contribution in [3.05, 3.63) is 102 Å². The van der Waals surface area contributed by atoms with Crippen LogP contribution in [0.15, 0.2) is 83.8 Å². The molecular formula is C39H48F2N4O7S. The smallest absolute Gasteiger partial charge is 0.410 e. The van der Waals surface area contributed by atoms with E-state index in [4.69, 9.17) is 9.47 Å². The van der Waals surface area contributed by atoms with Gasteiger partial charge in [-0.25, -0.2) is 26.8 Å². The highest BCUT2D eigenvalue weighted by Crippen LogP contribution is 2.34.